The average molecular weight is 278 g/mol. The van der Waals surface area contributed by atoms with E-state index in [0.29, 0.717) is 0 Å². The third kappa shape index (κ3) is 2.59. The van der Waals surface area contributed by atoms with Crippen LogP contribution in [0.4, 0.5) is 0 Å². The summed E-state index contributed by atoms with van der Waals surface area (Å²) in [6.07, 6.45) is 4.80. The Balaban J connectivity index is 2.25. The van der Waals surface area contributed by atoms with E-state index < -0.39 is 0 Å². The predicted octanol–water partition coefficient (Wildman–Crippen LogP) is 1.56. The molecule has 0 radical (unpaired) electrons. The molecule has 1 aliphatic heterocycles. The Labute approximate surface area is 121 Å². The van der Waals surface area contributed by atoms with Crippen LogP contribution in [0.25, 0.3) is 0 Å². The van der Waals surface area contributed by atoms with Crippen LogP contribution in [-0.2, 0) is 10.2 Å². The van der Waals surface area contributed by atoms with E-state index in [1.54, 1.807) is 6.33 Å². The summed E-state index contributed by atoms with van der Waals surface area (Å²) >= 11 is 0. The minimum absolute atomic E-state index is 0.0777. The fourth-order valence-electron chi connectivity index (χ4n) is 3.03. The summed E-state index contributed by atoms with van der Waals surface area (Å²) in [5, 5.41) is 3.41. The predicted molar refractivity (Wildman–Crippen MR) is 79.7 cm³/mol. The molecule has 20 heavy (non-hydrogen) atoms. The highest BCUT2D eigenvalue weighted by molar-refractivity contribution is 5.80. The maximum Gasteiger partial charge on any atom is 0.245 e. The zero-order valence-corrected chi connectivity index (χ0v) is 13.0. The number of nitrogens with one attached hydrogen (secondary N) is 1. The summed E-state index contributed by atoms with van der Waals surface area (Å²) in [6, 6.07) is -0.190. The minimum Gasteiger partial charge on any atom is -0.341 e. The van der Waals surface area contributed by atoms with Crippen LogP contribution in [0.5, 0.6) is 0 Å². The van der Waals surface area contributed by atoms with Crippen molar-refractivity contribution >= 4 is 5.91 Å². The molecule has 112 valence electrons. The first kappa shape index (κ1) is 15.0. The van der Waals surface area contributed by atoms with E-state index in [1.165, 1.54) is 0 Å². The zero-order valence-electron chi connectivity index (χ0n) is 13.0. The molecular weight excluding hydrogens is 252 g/mol. The minimum atomic E-state index is -0.190. The third-order valence-corrected chi connectivity index (χ3v) is 4.50. The third-order valence-electron chi connectivity index (χ3n) is 4.50. The molecule has 1 aliphatic rings. The van der Waals surface area contributed by atoms with Crippen LogP contribution in [0.1, 0.15) is 45.9 Å². The lowest BCUT2D eigenvalue weighted by atomic mass is 9.86. The SMILES string of the molecule is CCN(CC)C(=O)C(C)n1cncc1C1(C)CCNC1. The highest BCUT2D eigenvalue weighted by Gasteiger charge is 2.35. The lowest BCUT2D eigenvalue weighted by molar-refractivity contribution is -0.134. The molecule has 1 N–H and O–H groups in total. The Hall–Kier alpha value is -1.36. The molecule has 0 aliphatic carbocycles. The van der Waals surface area contributed by atoms with Crippen LogP contribution < -0.4 is 5.32 Å². The van der Waals surface area contributed by atoms with Crippen LogP contribution in [0, 0.1) is 0 Å². The molecule has 2 unspecified atom stereocenters. The molecule has 2 heterocycles. The summed E-state index contributed by atoms with van der Waals surface area (Å²) in [5.41, 5.74) is 1.24. The molecule has 1 amide bonds. The normalized spacial score (nSPS) is 23.8. The maximum absolute atomic E-state index is 12.5. The topological polar surface area (TPSA) is 50.2 Å². The highest BCUT2D eigenvalue weighted by atomic mass is 16.2. The van der Waals surface area contributed by atoms with Gasteiger partial charge < -0.3 is 14.8 Å². The molecule has 1 fully saturated rings. The number of hydrogen-bond acceptors (Lipinski definition) is 3. The molecule has 5 nitrogen and oxygen atoms in total. The van der Waals surface area contributed by atoms with E-state index in [-0.39, 0.29) is 17.4 Å². The van der Waals surface area contributed by atoms with Crippen LogP contribution in [0.15, 0.2) is 12.5 Å². The second-order valence-corrected chi connectivity index (χ2v) is 5.86. The van der Waals surface area contributed by atoms with Crippen molar-refractivity contribution in [1.29, 1.82) is 0 Å². The Kier molecular flexibility index (Phi) is 4.48. The number of aromatic nitrogens is 2. The number of carbonyl (C=O) groups excluding carboxylic acids is 1. The molecule has 0 bridgehead atoms. The Bertz CT molecular complexity index is 458. The van der Waals surface area contributed by atoms with E-state index in [9.17, 15) is 4.79 Å². The van der Waals surface area contributed by atoms with Gasteiger partial charge in [-0.15, -0.1) is 0 Å². The highest BCUT2D eigenvalue weighted by Crippen LogP contribution is 2.31. The monoisotopic (exact) mass is 278 g/mol. The summed E-state index contributed by atoms with van der Waals surface area (Å²) in [6.45, 7) is 11.7. The molecule has 2 rings (SSSR count). The number of nitrogens with zero attached hydrogens (tertiary/aromatic N) is 3. The van der Waals surface area contributed by atoms with E-state index in [0.717, 1.165) is 38.3 Å². The number of rotatable bonds is 5. The van der Waals surface area contributed by atoms with E-state index >= 15 is 0 Å². The van der Waals surface area contributed by atoms with Gasteiger partial charge in [-0.3, -0.25) is 4.79 Å². The van der Waals surface area contributed by atoms with Gasteiger partial charge in [0.15, 0.2) is 0 Å². The second kappa shape index (κ2) is 5.95. The molecule has 1 aromatic rings. The first-order valence-electron chi connectivity index (χ1n) is 7.55. The molecule has 1 saturated heterocycles. The number of likely N-dealkylation sites (N-methyl/N-ethyl adjacent to an activating group) is 1. The first-order chi connectivity index (χ1) is 9.53. The Morgan fingerprint density at radius 3 is 2.80 bits per heavy atom. The van der Waals surface area contributed by atoms with Gasteiger partial charge in [0.1, 0.15) is 6.04 Å². The molecule has 0 saturated carbocycles. The van der Waals surface area contributed by atoms with Crippen LogP contribution >= 0.6 is 0 Å². The average Bonchev–Trinajstić information content (AvgIpc) is 3.08. The maximum atomic E-state index is 12.5. The van der Waals surface area contributed by atoms with Crippen molar-refractivity contribution in [1.82, 2.24) is 19.8 Å². The quantitative estimate of drug-likeness (QED) is 0.889. The van der Waals surface area contributed by atoms with Crippen molar-refractivity contribution < 1.29 is 4.79 Å². The van der Waals surface area contributed by atoms with Gasteiger partial charge in [-0.1, -0.05) is 6.92 Å². The van der Waals surface area contributed by atoms with E-state index in [4.69, 9.17) is 0 Å². The smallest absolute Gasteiger partial charge is 0.245 e. The number of hydrogen-bond donors (Lipinski definition) is 1. The van der Waals surface area contributed by atoms with Gasteiger partial charge >= 0.3 is 0 Å². The number of carbonyl (C=O) groups is 1. The van der Waals surface area contributed by atoms with Gasteiger partial charge in [-0.25, -0.2) is 4.98 Å². The van der Waals surface area contributed by atoms with Gasteiger partial charge in [0.05, 0.1) is 6.33 Å². The summed E-state index contributed by atoms with van der Waals surface area (Å²) in [7, 11) is 0. The van der Waals surface area contributed by atoms with E-state index in [1.807, 2.05) is 36.4 Å². The fraction of sp³-hybridized carbons (Fsp3) is 0.733. The molecule has 5 heteroatoms. The zero-order chi connectivity index (χ0) is 14.8. The van der Waals surface area contributed by atoms with Crippen molar-refractivity contribution in [2.24, 2.45) is 0 Å². The molecule has 2 atom stereocenters. The molecule has 0 spiro atoms. The Morgan fingerprint density at radius 2 is 2.25 bits per heavy atom. The molecular formula is C15H26N4O. The first-order valence-corrected chi connectivity index (χ1v) is 7.55. The lowest BCUT2D eigenvalue weighted by Crippen LogP contribution is -2.38. The Morgan fingerprint density at radius 1 is 1.55 bits per heavy atom. The van der Waals surface area contributed by atoms with Gasteiger partial charge in [0.25, 0.3) is 0 Å². The van der Waals surface area contributed by atoms with Crippen molar-refractivity contribution in [3.63, 3.8) is 0 Å². The van der Waals surface area contributed by atoms with Crippen LogP contribution in [-0.4, -0.2) is 46.5 Å². The second-order valence-electron chi connectivity index (χ2n) is 5.86. The van der Waals surface area contributed by atoms with Gasteiger partial charge in [-0.2, -0.15) is 0 Å². The number of amides is 1. The fourth-order valence-corrected chi connectivity index (χ4v) is 3.03. The summed E-state index contributed by atoms with van der Waals surface area (Å²) in [4.78, 5) is 18.7. The van der Waals surface area contributed by atoms with Crippen molar-refractivity contribution in [3.05, 3.63) is 18.2 Å². The summed E-state index contributed by atoms with van der Waals surface area (Å²) < 4.78 is 2.05. The number of imidazole rings is 1. The van der Waals surface area contributed by atoms with Crippen LogP contribution in [0.3, 0.4) is 0 Å². The van der Waals surface area contributed by atoms with Crippen LogP contribution in [0.2, 0.25) is 0 Å². The van der Waals surface area contributed by atoms with Gasteiger partial charge in [-0.05, 0) is 33.7 Å². The van der Waals surface area contributed by atoms with Gasteiger partial charge in [0, 0.05) is 36.9 Å². The standard InChI is InChI=1S/C15H26N4O/c1-5-18(6-2)14(20)12(3)19-11-17-9-13(19)15(4)7-8-16-10-15/h9,11-12,16H,5-8,10H2,1-4H3. The van der Waals surface area contributed by atoms with E-state index in [2.05, 4.69) is 17.2 Å². The van der Waals surface area contributed by atoms with Crippen molar-refractivity contribution in [2.45, 2.75) is 45.6 Å². The molecule has 1 aromatic heterocycles. The molecule has 0 aromatic carbocycles. The van der Waals surface area contributed by atoms with Crippen molar-refractivity contribution in [2.75, 3.05) is 26.2 Å². The lowest BCUT2D eigenvalue weighted by Gasteiger charge is -2.29. The largest absolute Gasteiger partial charge is 0.341 e. The van der Waals surface area contributed by atoms with Gasteiger partial charge in [0.2, 0.25) is 5.91 Å². The summed E-state index contributed by atoms with van der Waals surface area (Å²) in [5.74, 6) is 0.170. The van der Waals surface area contributed by atoms with Crippen molar-refractivity contribution in [3.8, 4) is 0 Å².